The lowest BCUT2D eigenvalue weighted by Gasteiger charge is -2.27. The van der Waals surface area contributed by atoms with Gasteiger partial charge in [-0.1, -0.05) is 55.0 Å². The molecule has 2 aromatic carbocycles. The Kier molecular flexibility index (Phi) is 8.24. The summed E-state index contributed by atoms with van der Waals surface area (Å²) < 4.78 is 0. The van der Waals surface area contributed by atoms with Crippen LogP contribution < -0.4 is 4.90 Å². The van der Waals surface area contributed by atoms with E-state index < -0.39 is 29.5 Å². The Bertz CT molecular complexity index is 1090. The topological polar surface area (TPSA) is 98.2 Å². The van der Waals surface area contributed by atoms with Crippen LogP contribution in [-0.2, 0) is 14.4 Å². The second-order valence-electron chi connectivity index (χ2n) is 8.46. The molecule has 0 bridgehead atoms. The van der Waals surface area contributed by atoms with Gasteiger partial charge in [-0.15, -0.1) is 0 Å². The van der Waals surface area contributed by atoms with Gasteiger partial charge in [-0.05, 0) is 42.2 Å². The minimum absolute atomic E-state index is 0.0559. The van der Waals surface area contributed by atoms with Gasteiger partial charge >= 0.3 is 5.97 Å². The fraction of sp³-hybridized carbons (Fsp3) is 0.296. The molecular formula is C27H30N2O5. The molecule has 1 atom stereocenters. The number of unbranched alkanes of at least 4 members (excludes halogenated alkanes) is 2. The SMILES string of the molecule is CN(C)c1ccc(C2C(C(=O)/C=C/c3ccccc3)=C(O)C(=O)N2CCCCCC(=O)O)cc1. The van der Waals surface area contributed by atoms with E-state index in [4.69, 9.17) is 5.11 Å². The second-order valence-corrected chi connectivity index (χ2v) is 8.46. The molecule has 1 aliphatic rings. The van der Waals surface area contributed by atoms with E-state index in [1.165, 1.54) is 11.0 Å². The Balaban J connectivity index is 1.88. The second kappa shape index (κ2) is 11.3. The molecule has 2 N–H and O–H groups in total. The normalized spacial score (nSPS) is 15.9. The van der Waals surface area contributed by atoms with Gasteiger partial charge in [0.15, 0.2) is 11.5 Å². The zero-order valence-electron chi connectivity index (χ0n) is 19.5. The summed E-state index contributed by atoms with van der Waals surface area (Å²) in [5, 5.41) is 19.5. The number of aliphatic carboxylic acids is 1. The van der Waals surface area contributed by atoms with Crippen LogP contribution in [0.4, 0.5) is 5.69 Å². The molecule has 0 aromatic heterocycles. The standard InChI is InChI=1S/C27H30N2O5/c1-28(2)21-15-13-20(14-16-21)25-24(22(30)17-12-19-9-5-3-6-10-19)26(33)27(34)29(25)18-8-4-7-11-23(31)32/h3,5-6,9-10,12-17,25,33H,4,7-8,11,18H2,1-2H3,(H,31,32)/b17-12+. The van der Waals surface area contributed by atoms with Crippen molar-refractivity contribution in [2.24, 2.45) is 0 Å². The maximum atomic E-state index is 13.2. The highest BCUT2D eigenvalue weighted by molar-refractivity contribution is 6.14. The molecule has 1 amide bonds. The number of hydrogen-bond acceptors (Lipinski definition) is 5. The summed E-state index contributed by atoms with van der Waals surface area (Å²) >= 11 is 0. The average Bonchev–Trinajstić information content (AvgIpc) is 3.08. The summed E-state index contributed by atoms with van der Waals surface area (Å²) in [6.45, 7) is 0.307. The van der Waals surface area contributed by atoms with E-state index in [-0.39, 0.29) is 12.0 Å². The molecule has 1 aliphatic heterocycles. The van der Waals surface area contributed by atoms with Crippen LogP contribution in [0.5, 0.6) is 0 Å². The summed E-state index contributed by atoms with van der Waals surface area (Å²) in [7, 11) is 3.85. The largest absolute Gasteiger partial charge is 0.503 e. The lowest BCUT2D eigenvalue weighted by molar-refractivity contribution is -0.137. The Labute approximate surface area is 199 Å². The fourth-order valence-electron chi connectivity index (χ4n) is 4.00. The number of amides is 1. The van der Waals surface area contributed by atoms with Gasteiger partial charge in [0.05, 0.1) is 11.6 Å². The molecule has 0 fully saturated rings. The van der Waals surface area contributed by atoms with E-state index in [0.717, 1.165) is 16.8 Å². The zero-order chi connectivity index (χ0) is 24.7. The van der Waals surface area contributed by atoms with Crippen LogP contribution in [0.2, 0.25) is 0 Å². The van der Waals surface area contributed by atoms with E-state index >= 15 is 0 Å². The van der Waals surface area contributed by atoms with Crippen LogP contribution in [0.15, 0.2) is 72.0 Å². The highest BCUT2D eigenvalue weighted by atomic mass is 16.4. The molecule has 7 heteroatoms. The Morgan fingerprint density at radius 2 is 1.68 bits per heavy atom. The maximum Gasteiger partial charge on any atom is 0.303 e. The van der Waals surface area contributed by atoms with Crippen molar-refractivity contribution in [1.82, 2.24) is 4.90 Å². The van der Waals surface area contributed by atoms with Crippen molar-refractivity contribution in [2.75, 3.05) is 25.5 Å². The highest BCUT2D eigenvalue weighted by Crippen LogP contribution is 2.38. The maximum absolute atomic E-state index is 13.2. The van der Waals surface area contributed by atoms with Crippen molar-refractivity contribution in [3.63, 3.8) is 0 Å². The molecular weight excluding hydrogens is 432 g/mol. The average molecular weight is 463 g/mol. The molecule has 0 saturated heterocycles. The van der Waals surface area contributed by atoms with Gasteiger partial charge in [0.25, 0.3) is 5.91 Å². The summed E-state index contributed by atoms with van der Waals surface area (Å²) in [4.78, 5) is 40.3. The molecule has 0 radical (unpaired) electrons. The van der Waals surface area contributed by atoms with Gasteiger partial charge in [0, 0.05) is 32.7 Å². The van der Waals surface area contributed by atoms with Gasteiger partial charge in [-0.25, -0.2) is 0 Å². The minimum atomic E-state index is -0.853. The lowest BCUT2D eigenvalue weighted by Crippen LogP contribution is -2.32. The number of anilines is 1. The first-order valence-electron chi connectivity index (χ1n) is 11.3. The van der Waals surface area contributed by atoms with Crippen LogP contribution in [-0.4, -0.2) is 53.4 Å². The van der Waals surface area contributed by atoms with Crippen LogP contribution in [0.1, 0.15) is 42.9 Å². The van der Waals surface area contributed by atoms with Crippen LogP contribution >= 0.6 is 0 Å². The Hall–Kier alpha value is -3.87. The zero-order valence-corrected chi connectivity index (χ0v) is 19.5. The quantitative estimate of drug-likeness (QED) is 0.380. The van der Waals surface area contributed by atoms with Gasteiger partial charge in [-0.3, -0.25) is 14.4 Å². The van der Waals surface area contributed by atoms with Crippen molar-refractivity contribution in [3.8, 4) is 0 Å². The van der Waals surface area contributed by atoms with Crippen molar-refractivity contribution in [3.05, 3.63) is 83.1 Å². The monoisotopic (exact) mass is 462 g/mol. The van der Waals surface area contributed by atoms with E-state index in [2.05, 4.69) is 0 Å². The number of carboxylic acid groups (broad SMARTS) is 1. The number of allylic oxidation sites excluding steroid dienone is 1. The molecule has 1 unspecified atom stereocenters. The highest BCUT2D eigenvalue weighted by Gasteiger charge is 2.42. The molecule has 3 rings (SSSR count). The van der Waals surface area contributed by atoms with Crippen molar-refractivity contribution >= 4 is 29.4 Å². The minimum Gasteiger partial charge on any atom is -0.503 e. The number of carbonyl (C=O) groups is 3. The van der Waals surface area contributed by atoms with Crippen molar-refractivity contribution in [2.45, 2.75) is 31.7 Å². The first-order chi connectivity index (χ1) is 16.3. The smallest absolute Gasteiger partial charge is 0.303 e. The van der Waals surface area contributed by atoms with Crippen LogP contribution in [0.3, 0.4) is 0 Å². The van der Waals surface area contributed by atoms with Gasteiger partial charge < -0.3 is 20.0 Å². The molecule has 34 heavy (non-hydrogen) atoms. The predicted octanol–water partition coefficient (Wildman–Crippen LogP) is 4.38. The number of ketones is 1. The molecule has 1 heterocycles. The molecule has 0 spiro atoms. The van der Waals surface area contributed by atoms with Crippen molar-refractivity contribution < 1.29 is 24.6 Å². The van der Waals surface area contributed by atoms with E-state index in [9.17, 15) is 19.5 Å². The first kappa shape index (κ1) is 24.8. The number of carbonyl (C=O) groups excluding carboxylic acids is 2. The third-order valence-electron chi connectivity index (χ3n) is 5.81. The number of aliphatic hydroxyl groups excluding tert-OH is 1. The van der Waals surface area contributed by atoms with E-state index in [0.29, 0.717) is 25.8 Å². The third-order valence-corrected chi connectivity index (χ3v) is 5.81. The Morgan fingerprint density at radius 1 is 1.00 bits per heavy atom. The van der Waals surface area contributed by atoms with E-state index in [1.54, 1.807) is 6.08 Å². The summed E-state index contributed by atoms with van der Waals surface area (Å²) in [6.07, 6.45) is 4.81. The number of rotatable bonds is 11. The summed E-state index contributed by atoms with van der Waals surface area (Å²) in [6, 6.07) is 16.1. The van der Waals surface area contributed by atoms with Gasteiger partial charge in [0.2, 0.25) is 0 Å². The fourth-order valence-corrected chi connectivity index (χ4v) is 4.00. The number of benzene rings is 2. The van der Waals surface area contributed by atoms with Gasteiger partial charge in [-0.2, -0.15) is 0 Å². The van der Waals surface area contributed by atoms with Crippen LogP contribution in [0, 0.1) is 0 Å². The molecule has 178 valence electrons. The number of hydrogen-bond donors (Lipinski definition) is 2. The van der Waals surface area contributed by atoms with Gasteiger partial charge in [0.1, 0.15) is 0 Å². The molecule has 2 aromatic rings. The third kappa shape index (κ3) is 5.92. The summed E-state index contributed by atoms with van der Waals surface area (Å²) in [5.74, 6) is -2.40. The predicted molar refractivity (Wildman–Crippen MR) is 131 cm³/mol. The molecule has 0 saturated carbocycles. The molecule has 7 nitrogen and oxygen atoms in total. The summed E-state index contributed by atoms with van der Waals surface area (Å²) in [5.41, 5.74) is 2.59. The van der Waals surface area contributed by atoms with Crippen LogP contribution in [0.25, 0.3) is 6.08 Å². The van der Waals surface area contributed by atoms with Crippen molar-refractivity contribution in [1.29, 1.82) is 0 Å². The van der Waals surface area contributed by atoms with E-state index in [1.807, 2.05) is 73.6 Å². The number of nitrogens with zero attached hydrogens (tertiary/aromatic N) is 2. The first-order valence-corrected chi connectivity index (χ1v) is 11.3. The number of carboxylic acids is 1. The lowest BCUT2D eigenvalue weighted by atomic mass is 9.95. The molecule has 0 aliphatic carbocycles. The number of aliphatic hydroxyl groups is 1. The Morgan fingerprint density at radius 3 is 2.29 bits per heavy atom.